The van der Waals surface area contributed by atoms with Gasteiger partial charge in [0.1, 0.15) is 5.54 Å². The van der Waals surface area contributed by atoms with Crippen molar-refractivity contribution in [3.05, 3.63) is 0 Å². The second-order valence-corrected chi connectivity index (χ2v) is 8.63. The summed E-state index contributed by atoms with van der Waals surface area (Å²) in [5.41, 5.74) is 3.59. The fourth-order valence-corrected chi connectivity index (χ4v) is 3.57. The number of carboxylic acid groups (broad SMARTS) is 1. The van der Waals surface area contributed by atoms with Crippen LogP contribution in [0.3, 0.4) is 0 Å². The molecule has 6 heteroatoms. The zero-order valence-electron chi connectivity index (χ0n) is 19.0. The number of aliphatic carboxylic acids is 1. The molecule has 0 unspecified atom stereocenters. The molecule has 0 radical (unpaired) electrons. The standard InChI is InChI=1S/C23H44N2O4/c1-4-5-6-7-8-9-10-11-12-13-14-15-16-17-18-19-20(26)25(22(24)29)23(2,3)21(27)28/h4-19H2,1-3H3,(H2,24,29)(H,27,28). The number of carboxylic acids is 1. The Balaban J connectivity index is 3.68. The molecule has 0 saturated carbocycles. The van der Waals surface area contributed by atoms with Crippen LogP contribution in [0.25, 0.3) is 0 Å². The quantitative estimate of drug-likeness (QED) is 0.269. The lowest BCUT2D eigenvalue weighted by atomic mass is 10.0. The molecule has 29 heavy (non-hydrogen) atoms. The van der Waals surface area contributed by atoms with Crippen molar-refractivity contribution >= 4 is 17.9 Å². The van der Waals surface area contributed by atoms with Crippen LogP contribution in [0, 0.1) is 0 Å². The van der Waals surface area contributed by atoms with E-state index in [-0.39, 0.29) is 6.42 Å². The van der Waals surface area contributed by atoms with Gasteiger partial charge in [-0.15, -0.1) is 0 Å². The van der Waals surface area contributed by atoms with Gasteiger partial charge < -0.3 is 10.8 Å². The first kappa shape index (κ1) is 27.4. The first-order chi connectivity index (χ1) is 13.7. The lowest BCUT2D eigenvalue weighted by Gasteiger charge is -2.31. The van der Waals surface area contributed by atoms with Gasteiger partial charge in [-0.3, -0.25) is 4.79 Å². The second kappa shape index (κ2) is 16.2. The number of nitrogens with zero attached hydrogens (tertiary/aromatic N) is 1. The minimum absolute atomic E-state index is 0.151. The van der Waals surface area contributed by atoms with Crippen molar-refractivity contribution in [2.45, 2.75) is 129 Å². The first-order valence-electron chi connectivity index (χ1n) is 11.6. The number of urea groups is 1. The summed E-state index contributed by atoms with van der Waals surface area (Å²) >= 11 is 0. The molecule has 6 nitrogen and oxygen atoms in total. The monoisotopic (exact) mass is 412 g/mol. The number of nitrogens with two attached hydrogens (primary N) is 1. The van der Waals surface area contributed by atoms with Gasteiger partial charge in [0.15, 0.2) is 0 Å². The molecule has 0 atom stereocenters. The predicted octanol–water partition coefficient (Wildman–Crippen LogP) is 6.02. The van der Waals surface area contributed by atoms with Crippen LogP contribution in [0.1, 0.15) is 124 Å². The molecule has 0 aliphatic carbocycles. The Morgan fingerprint density at radius 2 is 1.07 bits per heavy atom. The van der Waals surface area contributed by atoms with Crippen LogP contribution in [0.4, 0.5) is 4.79 Å². The van der Waals surface area contributed by atoms with E-state index in [4.69, 9.17) is 5.73 Å². The lowest BCUT2D eigenvalue weighted by molar-refractivity contribution is -0.153. The normalized spacial score (nSPS) is 11.4. The summed E-state index contributed by atoms with van der Waals surface area (Å²) in [5.74, 6) is -1.76. The van der Waals surface area contributed by atoms with Gasteiger partial charge in [-0.25, -0.2) is 14.5 Å². The number of hydrogen-bond donors (Lipinski definition) is 2. The summed E-state index contributed by atoms with van der Waals surface area (Å²) in [7, 11) is 0. The largest absolute Gasteiger partial charge is 0.480 e. The van der Waals surface area contributed by atoms with Gasteiger partial charge in [-0.1, -0.05) is 96.8 Å². The van der Waals surface area contributed by atoms with Crippen molar-refractivity contribution in [1.82, 2.24) is 4.90 Å². The molecule has 3 N–H and O–H groups in total. The maximum absolute atomic E-state index is 12.2. The second-order valence-electron chi connectivity index (χ2n) is 8.63. The van der Waals surface area contributed by atoms with E-state index in [1.807, 2.05) is 0 Å². The number of hydrogen-bond acceptors (Lipinski definition) is 3. The van der Waals surface area contributed by atoms with Gasteiger partial charge >= 0.3 is 12.0 Å². The fraction of sp³-hybridized carbons (Fsp3) is 0.870. The van der Waals surface area contributed by atoms with Crippen LogP contribution in [-0.2, 0) is 9.59 Å². The highest BCUT2D eigenvalue weighted by molar-refractivity contribution is 5.99. The van der Waals surface area contributed by atoms with Crippen LogP contribution in [0.15, 0.2) is 0 Å². The Bertz CT molecular complexity index is 477. The molecule has 0 aromatic rings. The Hall–Kier alpha value is -1.59. The van der Waals surface area contributed by atoms with Gasteiger partial charge in [-0.2, -0.15) is 0 Å². The molecular formula is C23H44N2O4. The Kier molecular flexibility index (Phi) is 15.3. The average Bonchev–Trinajstić information content (AvgIpc) is 2.64. The molecule has 0 spiro atoms. The highest BCUT2D eigenvalue weighted by Crippen LogP contribution is 2.18. The van der Waals surface area contributed by atoms with Gasteiger partial charge in [-0.05, 0) is 20.3 Å². The Morgan fingerprint density at radius 3 is 1.38 bits per heavy atom. The van der Waals surface area contributed by atoms with Gasteiger partial charge in [0, 0.05) is 6.42 Å². The van der Waals surface area contributed by atoms with Crippen molar-refractivity contribution in [1.29, 1.82) is 0 Å². The van der Waals surface area contributed by atoms with E-state index in [0.29, 0.717) is 11.3 Å². The number of carbonyl (C=O) groups is 3. The van der Waals surface area contributed by atoms with Gasteiger partial charge in [0.2, 0.25) is 5.91 Å². The highest BCUT2D eigenvalue weighted by atomic mass is 16.4. The number of amides is 3. The Morgan fingerprint density at radius 1 is 0.724 bits per heavy atom. The highest BCUT2D eigenvalue weighted by Gasteiger charge is 2.40. The number of rotatable bonds is 18. The summed E-state index contributed by atoms with van der Waals surface area (Å²) in [6.07, 6.45) is 18.7. The van der Waals surface area contributed by atoms with Crippen LogP contribution < -0.4 is 5.73 Å². The van der Waals surface area contributed by atoms with Crippen molar-refractivity contribution < 1.29 is 19.5 Å². The number of imide groups is 1. The molecule has 0 saturated heterocycles. The fourth-order valence-electron chi connectivity index (χ4n) is 3.57. The third-order valence-electron chi connectivity index (χ3n) is 5.55. The molecular weight excluding hydrogens is 368 g/mol. The summed E-state index contributed by atoms with van der Waals surface area (Å²) in [6, 6.07) is -1.01. The van der Waals surface area contributed by atoms with E-state index >= 15 is 0 Å². The summed E-state index contributed by atoms with van der Waals surface area (Å²) in [6.45, 7) is 4.87. The smallest absolute Gasteiger partial charge is 0.329 e. The van der Waals surface area contributed by atoms with E-state index < -0.39 is 23.4 Å². The van der Waals surface area contributed by atoms with Crippen molar-refractivity contribution in [2.24, 2.45) is 5.73 Å². The first-order valence-corrected chi connectivity index (χ1v) is 11.6. The predicted molar refractivity (Wildman–Crippen MR) is 118 cm³/mol. The summed E-state index contributed by atoms with van der Waals surface area (Å²) < 4.78 is 0. The van der Waals surface area contributed by atoms with E-state index in [1.165, 1.54) is 84.5 Å². The SMILES string of the molecule is CCCCCCCCCCCCCCCCCC(=O)N(C(N)=O)C(C)(C)C(=O)O. The van der Waals surface area contributed by atoms with E-state index in [0.717, 1.165) is 19.3 Å². The molecule has 0 rings (SSSR count). The molecule has 0 aromatic carbocycles. The van der Waals surface area contributed by atoms with Crippen molar-refractivity contribution in [2.75, 3.05) is 0 Å². The minimum Gasteiger partial charge on any atom is -0.480 e. The maximum atomic E-state index is 12.2. The zero-order valence-corrected chi connectivity index (χ0v) is 19.0. The molecule has 3 amide bonds. The van der Waals surface area contributed by atoms with Crippen molar-refractivity contribution in [3.8, 4) is 0 Å². The molecule has 0 aromatic heterocycles. The molecule has 0 fully saturated rings. The van der Waals surface area contributed by atoms with E-state index in [9.17, 15) is 19.5 Å². The van der Waals surface area contributed by atoms with Crippen molar-refractivity contribution in [3.63, 3.8) is 0 Å². The molecule has 0 aliphatic heterocycles. The molecule has 0 heterocycles. The summed E-state index contributed by atoms with van der Waals surface area (Å²) in [5, 5.41) is 9.21. The molecule has 170 valence electrons. The van der Waals surface area contributed by atoms with Crippen LogP contribution in [0.2, 0.25) is 0 Å². The Labute approximate surface area is 177 Å². The van der Waals surface area contributed by atoms with E-state index in [2.05, 4.69) is 6.92 Å². The molecule has 0 bridgehead atoms. The average molecular weight is 413 g/mol. The summed E-state index contributed by atoms with van der Waals surface area (Å²) in [4.78, 5) is 35.7. The topological polar surface area (TPSA) is 101 Å². The van der Waals surface area contributed by atoms with Crippen LogP contribution >= 0.6 is 0 Å². The third-order valence-corrected chi connectivity index (χ3v) is 5.55. The lowest BCUT2D eigenvalue weighted by Crippen LogP contribution is -2.57. The maximum Gasteiger partial charge on any atom is 0.329 e. The van der Waals surface area contributed by atoms with Crippen LogP contribution in [0.5, 0.6) is 0 Å². The molecule has 0 aliphatic rings. The number of carbonyl (C=O) groups excluding carboxylic acids is 2. The zero-order chi connectivity index (χ0) is 22.1. The van der Waals surface area contributed by atoms with Gasteiger partial charge in [0.25, 0.3) is 0 Å². The number of unbranched alkanes of at least 4 members (excludes halogenated alkanes) is 14. The number of primary amides is 1. The van der Waals surface area contributed by atoms with Crippen LogP contribution in [-0.4, -0.2) is 33.5 Å². The van der Waals surface area contributed by atoms with E-state index in [1.54, 1.807) is 0 Å². The van der Waals surface area contributed by atoms with Gasteiger partial charge in [0.05, 0.1) is 0 Å². The minimum atomic E-state index is -1.63. The third kappa shape index (κ3) is 12.6.